The molecule has 3 heterocycles. The summed E-state index contributed by atoms with van der Waals surface area (Å²) < 4.78 is 5.23. The number of primary amides is 1. The zero-order chi connectivity index (χ0) is 16.8. The normalized spacial score (nSPS) is 18.0. The first-order valence-corrected chi connectivity index (χ1v) is 8.16. The Morgan fingerprint density at radius 1 is 1.46 bits per heavy atom. The summed E-state index contributed by atoms with van der Waals surface area (Å²) >= 11 is 0. The number of nitrogens with one attached hydrogen (secondary N) is 1. The van der Waals surface area contributed by atoms with Gasteiger partial charge in [0.15, 0.2) is 0 Å². The van der Waals surface area contributed by atoms with Gasteiger partial charge < -0.3 is 20.4 Å². The van der Waals surface area contributed by atoms with Gasteiger partial charge in [0.1, 0.15) is 11.6 Å². The lowest BCUT2D eigenvalue weighted by atomic mass is 9.97. The Morgan fingerprint density at radius 2 is 2.38 bits per heavy atom. The minimum atomic E-state index is -0.221. The number of amides is 1. The van der Waals surface area contributed by atoms with E-state index in [1.54, 1.807) is 6.26 Å². The summed E-state index contributed by atoms with van der Waals surface area (Å²) in [7, 11) is 0. The van der Waals surface area contributed by atoms with E-state index in [1.807, 2.05) is 42.6 Å². The van der Waals surface area contributed by atoms with E-state index in [-0.39, 0.29) is 11.8 Å². The number of hydrogen-bond acceptors (Lipinski definition) is 5. The lowest BCUT2D eigenvalue weighted by Gasteiger charge is -2.32. The summed E-state index contributed by atoms with van der Waals surface area (Å²) in [4.78, 5) is 18.0. The fourth-order valence-electron chi connectivity index (χ4n) is 2.83. The van der Waals surface area contributed by atoms with E-state index in [4.69, 9.17) is 10.2 Å². The Labute approximate surface area is 141 Å². The minimum Gasteiger partial charge on any atom is -0.465 e. The van der Waals surface area contributed by atoms with Gasteiger partial charge in [0.2, 0.25) is 5.91 Å². The molecule has 3 rings (SSSR count). The van der Waals surface area contributed by atoms with Crippen molar-refractivity contribution in [2.45, 2.75) is 12.8 Å². The zero-order valence-electron chi connectivity index (χ0n) is 13.5. The average molecular weight is 326 g/mol. The van der Waals surface area contributed by atoms with E-state index in [0.29, 0.717) is 13.1 Å². The number of aromatic nitrogens is 1. The number of hydrogen-bond donors (Lipinski definition) is 2. The third-order valence-corrected chi connectivity index (χ3v) is 4.14. The highest BCUT2D eigenvalue weighted by atomic mass is 16.3. The first-order valence-electron chi connectivity index (χ1n) is 8.16. The molecule has 0 spiro atoms. The fourth-order valence-corrected chi connectivity index (χ4v) is 2.83. The maximum atomic E-state index is 11.4. The van der Waals surface area contributed by atoms with Crippen molar-refractivity contribution in [3.05, 3.63) is 48.6 Å². The van der Waals surface area contributed by atoms with Crippen molar-refractivity contribution in [2.75, 3.05) is 29.9 Å². The van der Waals surface area contributed by atoms with Gasteiger partial charge in [-0.1, -0.05) is 6.08 Å². The molecule has 0 radical (unpaired) electrons. The van der Waals surface area contributed by atoms with Gasteiger partial charge in [0.05, 0.1) is 24.1 Å². The first kappa shape index (κ1) is 16.1. The molecule has 3 N–H and O–H groups in total. The number of carbonyl (C=O) groups excluding carboxylic acids is 1. The summed E-state index contributed by atoms with van der Waals surface area (Å²) in [5.74, 6) is 1.42. The van der Waals surface area contributed by atoms with Gasteiger partial charge in [0, 0.05) is 19.6 Å². The molecule has 6 heteroatoms. The Morgan fingerprint density at radius 3 is 3.08 bits per heavy atom. The van der Waals surface area contributed by atoms with Crippen LogP contribution in [0.2, 0.25) is 0 Å². The Balaban J connectivity index is 1.52. The largest absolute Gasteiger partial charge is 0.465 e. The molecule has 1 aliphatic rings. The SMILES string of the molecule is NC(=O)C1CCCN(c2ccc(NCC=Cc3ccco3)cn2)C1. The Hall–Kier alpha value is -2.76. The summed E-state index contributed by atoms with van der Waals surface area (Å²) in [5.41, 5.74) is 6.38. The van der Waals surface area contributed by atoms with Crippen molar-refractivity contribution in [3.63, 3.8) is 0 Å². The third kappa shape index (κ3) is 4.16. The second-order valence-electron chi connectivity index (χ2n) is 5.89. The molecule has 2 aromatic heterocycles. The molecule has 0 aliphatic carbocycles. The van der Waals surface area contributed by atoms with E-state index in [1.165, 1.54) is 0 Å². The number of carbonyl (C=O) groups is 1. The van der Waals surface area contributed by atoms with Crippen LogP contribution >= 0.6 is 0 Å². The molecule has 1 fully saturated rings. The first-order chi connectivity index (χ1) is 11.7. The Kier molecular flexibility index (Phi) is 5.15. The van der Waals surface area contributed by atoms with Crippen LogP contribution in [0.1, 0.15) is 18.6 Å². The van der Waals surface area contributed by atoms with E-state index in [9.17, 15) is 4.79 Å². The zero-order valence-corrected chi connectivity index (χ0v) is 13.5. The van der Waals surface area contributed by atoms with Gasteiger partial charge in [-0.3, -0.25) is 4.79 Å². The van der Waals surface area contributed by atoms with Gasteiger partial charge >= 0.3 is 0 Å². The quantitative estimate of drug-likeness (QED) is 0.852. The molecule has 24 heavy (non-hydrogen) atoms. The fraction of sp³-hybridized carbons (Fsp3) is 0.333. The summed E-state index contributed by atoms with van der Waals surface area (Å²) in [5, 5.41) is 3.28. The van der Waals surface area contributed by atoms with Crippen LogP contribution in [0.4, 0.5) is 11.5 Å². The average Bonchev–Trinajstić information content (AvgIpc) is 3.13. The standard InChI is InChI=1S/C18H22N4O2/c19-18(23)14-4-2-10-22(13-14)17-8-7-15(12-21-17)20-9-1-5-16-6-3-11-24-16/h1,3,5-8,11-12,14,20H,2,4,9-10,13H2,(H2,19,23). The van der Waals surface area contributed by atoms with Gasteiger partial charge in [-0.25, -0.2) is 4.98 Å². The molecule has 0 aromatic carbocycles. The number of nitrogens with zero attached hydrogens (tertiary/aromatic N) is 2. The monoisotopic (exact) mass is 326 g/mol. The second kappa shape index (κ2) is 7.68. The van der Waals surface area contributed by atoms with Crippen molar-refractivity contribution in [1.82, 2.24) is 4.98 Å². The number of rotatable bonds is 6. The summed E-state index contributed by atoms with van der Waals surface area (Å²) in [6.07, 6.45) is 9.21. The maximum Gasteiger partial charge on any atom is 0.222 e. The molecule has 1 aliphatic heterocycles. The number of furan rings is 1. The van der Waals surface area contributed by atoms with Crippen LogP contribution in [0.15, 0.2) is 47.2 Å². The van der Waals surface area contributed by atoms with Crippen molar-refractivity contribution in [2.24, 2.45) is 11.7 Å². The minimum absolute atomic E-state index is 0.0786. The van der Waals surface area contributed by atoms with E-state index < -0.39 is 0 Å². The highest BCUT2D eigenvalue weighted by Crippen LogP contribution is 2.22. The second-order valence-corrected chi connectivity index (χ2v) is 5.89. The van der Waals surface area contributed by atoms with Crippen molar-refractivity contribution in [3.8, 4) is 0 Å². The number of pyridine rings is 1. The maximum absolute atomic E-state index is 11.4. The molecule has 1 atom stereocenters. The number of piperidine rings is 1. The molecule has 1 saturated heterocycles. The van der Waals surface area contributed by atoms with E-state index in [0.717, 1.165) is 36.7 Å². The molecule has 2 aromatic rings. The molecular formula is C18H22N4O2. The summed E-state index contributed by atoms with van der Waals surface area (Å²) in [6.45, 7) is 2.26. The van der Waals surface area contributed by atoms with Gasteiger partial charge in [0.25, 0.3) is 0 Å². The molecule has 126 valence electrons. The predicted molar refractivity (Wildman–Crippen MR) is 94.6 cm³/mol. The molecule has 0 saturated carbocycles. The van der Waals surface area contributed by atoms with E-state index in [2.05, 4.69) is 15.2 Å². The van der Waals surface area contributed by atoms with Crippen LogP contribution in [0.25, 0.3) is 6.08 Å². The van der Waals surface area contributed by atoms with Crippen LogP contribution in [0, 0.1) is 5.92 Å². The lowest BCUT2D eigenvalue weighted by molar-refractivity contribution is -0.122. The highest BCUT2D eigenvalue weighted by Gasteiger charge is 2.24. The molecule has 0 bridgehead atoms. The third-order valence-electron chi connectivity index (χ3n) is 4.14. The molecular weight excluding hydrogens is 304 g/mol. The van der Waals surface area contributed by atoms with Crippen LogP contribution < -0.4 is 16.0 Å². The highest BCUT2D eigenvalue weighted by molar-refractivity contribution is 5.77. The van der Waals surface area contributed by atoms with E-state index >= 15 is 0 Å². The van der Waals surface area contributed by atoms with Gasteiger partial charge in [-0.05, 0) is 43.2 Å². The van der Waals surface area contributed by atoms with Gasteiger partial charge in [-0.2, -0.15) is 0 Å². The lowest BCUT2D eigenvalue weighted by Crippen LogP contribution is -2.41. The molecule has 6 nitrogen and oxygen atoms in total. The number of nitrogens with two attached hydrogens (primary N) is 1. The van der Waals surface area contributed by atoms with Gasteiger partial charge in [-0.15, -0.1) is 0 Å². The van der Waals surface area contributed by atoms with Crippen LogP contribution in [-0.2, 0) is 4.79 Å². The van der Waals surface area contributed by atoms with Crippen LogP contribution in [0.3, 0.4) is 0 Å². The topological polar surface area (TPSA) is 84.4 Å². The van der Waals surface area contributed by atoms with Crippen molar-refractivity contribution < 1.29 is 9.21 Å². The van der Waals surface area contributed by atoms with Crippen LogP contribution in [0.5, 0.6) is 0 Å². The molecule has 1 amide bonds. The van der Waals surface area contributed by atoms with Crippen LogP contribution in [-0.4, -0.2) is 30.5 Å². The number of anilines is 2. The Bertz CT molecular complexity index is 680. The molecule has 1 unspecified atom stereocenters. The van der Waals surface area contributed by atoms with Crippen molar-refractivity contribution in [1.29, 1.82) is 0 Å². The predicted octanol–water partition coefficient (Wildman–Crippen LogP) is 2.50. The van der Waals surface area contributed by atoms with Crippen molar-refractivity contribution >= 4 is 23.5 Å². The summed E-state index contributed by atoms with van der Waals surface area (Å²) in [6, 6.07) is 7.74. The smallest absolute Gasteiger partial charge is 0.222 e.